The fourth-order valence-electron chi connectivity index (χ4n) is 2.81. The maximum absolute atomic E-state index is 12.3. The monoisotopic (exact) mass is 251 g/mol. The Morgan fingerprint density at radius 1 is 1.56 bits per heavy atom. The molecule has 1 aromatic heterocycles. The molecule has 1 aromatic rings. The molecule has 0 aromatic carbocycles. The molecule has 1 fully saturated rings. The van der Waals surface area contributed by atoms with Gasteiger partial charge in [0.25, 0.3) is 0 Å². The molecule has 5 heteroatoms. The number of nitrogens with zero attached hydrogens (tertiary/aromatic N) is 1. The normalized spacial score (nSPS) is 31.0. The lowest BCUT2D eigenvalue weighted by atomic mass is 9.61. The van der Waals surface area contributed by atoms with Crippen LogP contribution in [0.1, 0.15) is 33.6 Å². The molecule has 3 unspecified atom stereocenters. The van der Waals surface area contributed by atoms with Crippen LogP contribution in [0.3, 0.4) is 0 Å². The van der Waals surface area contributed by atoms with E-state index < -0.39 is 0 Å². The Kier molecular flexibility index (Phi) is 3.43. The summed E-state index contributed by atoms with van der Waals surface area (Å²) in [6, 6.07) is 1.82. The molecule has 100 valence electrons. The Hall–Kier alpha value is -1.36. The van der Waals surface area contributed by atoms with Crippen LogP contribution in [-0.4, -0.2) is 17.1 Å². The molecule has 0 bridgehead atoms. The molecule has 0 spiro atoms. The Bertz CT molecular complexity index is 414. The first-order valence-corrected chi connectivity index (χ1v) is 6.39. The van der Waals surface area contributed by atoms with Crippen LogP contribution in [0.25, 0.3) is 0 Å². The molecule has 5 nitrogen and oxygen atoms in total. The summed E-state index contributed by atoms with van der Waals surface area (Å²) in [6.07, 6.45) is 3.16. The first-order valence-electron chi connectivity index (χ1n) is 6.39. The summed E-state index contributed by atoms with van der Waals surface area (Å²) in [6.45, 7) is 6.35. The van der Waals surface area contributed by atoms with Crippen molar-refractivity contribution in [2.45, 2.75) is 39.7 Å². The van der Waals surface area contributed by atoms with E-state index in [4.69, 9.17) is 10.3 Å². The number of nitrogens with one attached hydrogen (secondary N) is 1. The second-order valence-electron chi connectivity index (χ2n) is 5.78. The summed E-state index contributed by atoms with van der Waals surface area (Å²) >= 11 is 0. The zero-order valence-corrected chi connectivity index (χ0v) is 11.1. The van der Waals surface area contributed by atoms with Crippen molar-refractivity contribution in [3.8, 4) is 0 Å². The number of amides is 1. The molecule has 0 saturated heterocycles. The quantitative estimate of drug-likeness (QED) is 0.842. The number of nitrogens with two attached hydrogens (primary N) is 1. The molecule has 1 aliphatic rings. The fourth-order valence-corrected chi connectivity index (χ4v) is 2.81. The van der Waals surface area contributed by atoms with Crippen molar-refractivity contribution in [2.75, 3.05) is 5.32 Å². The van der Waals surface area contributed by atoms with Gasteiger partial charge in [0.2, 0.25) is 5.91 Å². The van der Waals surface area contributed by atoms with Gasteiger partial charge >= 0.3 is 0 Å². The molecule has 1 amide bonds. The lowest BCUT2D eigenvalue weighted by molar-refractivity contribution is -0.127. The number of hydrogen-bond acceptors (Lipinski definition) is 4. The SMILES string of the molecule is CC1C(N)CCC(C(=O)Nc2ccon2)C1(C)C. The Balaban J connectivity index is 2.10. The molecule has 18 heavy (non-hydrogen) atoms. The summed E-state index contributed by atoms with van der Waals surface area (Å²) in [4.78, 5) is 12.3. The van der Waals surface area contributed by atoms with Gasteiger partial charge in [0, 0.05) is 18.0 Å². The number of hydrogen-bond donors (Lipinski definition) is 2. The van der Waals surface area contributed by atoms with Gasteiger partial charge in [-0.25, -0.2) is 0 Å². The van der Waals surface area contributed by atoms with Crippen LogP contribution in [0.2, 0.25) is 0 Å². The van der Waals surface area contributed by atoms with Crippen molar-refractivity contribution in [3.05, 3.63) is 12.3 Å². The van der Waals surface area contributed by atoms with Crippen LogP contribution in [-0.2, 0) is 4.79 Å². The first kappa shape index (κ1) is 13.1. The zero-order chi connectivity index (χ0) is 13.3. The average Bonchev–Trinajstić information content (AvgIpc) is 2.78. The minimum Gasteiger partial charge on any atom is -0.363 e. The Morgan fingerprint density at radius 2 is 2.28 bits per heavy atom. The van der Waals surface area contributed by atoms with E-state index in [-0.39, 0.29) is 23.3 Å². The topological polar surface area (TPSA) is 81.2 Å². The number of aromatic nitrogens is 1. The third-order valence-electron chi connectivity index (χ3n) is 4.51. The predicted molar refractivity (Wildman–Crippen MR) is 68.8 cm³/mol. The van der Waals surface area contributed by atoms with Crippen molar-refractivity contribution >= 4 is 11.7 Å². The van der Waals surface area contributed by atoms with Gasteiger partial charge in [-0.2, -0.15) is 0 Å². The van der Waals surface area contributed by atoms with Crippen LogP contribution in [0.5, 0.6) is 0 Å². The minimum atomic E-state index is -0.106. The van der Waals surface area contributed by atoms with E-state index in [2.05, 4.69) is 31.2 Å². The van der Waals surface area contributed by atoms with Gasteiger partial charge in [0.15, 0.2) is 5.82 Å². The average molecular weight is 251 g/mol. The molecule has 0 radical (unpaired) electrons. The van der Waals surface area contributed by atoms with E-state index in [0.717, 1.165) is 12.8 Å². The number of carbonyl (C=O) groups is 1. The molecule has 1 saturated carbocycles. The van der Waals surface area contributed by atoms with E-state index >= 15 is 0 Å². The van der Waals surface area contributed by atoms with E-state index in [9.17, 15) is 4.79 Å². The Labute approximate surface area is 107 Å². The highest BCUT2D eigenvalue weighted by Crippen LogP contribution is 2.44. The summed E-state index contributed by atoms with van der Waals surface area (Å²) < 4.78 is 4.71. The zero-order valence-electron chi connectivity index (χ0n) is 11.1. The molecule has 2 rings (SSSR count). The van der Waals surface area contributed by atoms with Gasteiger partial charge in [-0.3, -0.25) is 4.79 Å². The third-order valence-corrected chi connectivity index (χ3v) is 4.51. The van der Waals surface area contributed by atoms with E-state index in [0.29, 0.717) is 11.7 Å². The Morgan fingerprint density at radius 3 is 2.89 bits per heavy atom. The molecule has 1 heterocycles. The fraction of sp³-hybridized carbons (Fsp3) is 0.692. The van der Waals surface area contributed by atoms with Gasteiger partial charge in [-0.05, 0) is 24.2 Å². The highest BCUT2D eigenvalue weighted by molar-refractivity contribution is 5.92. The molecule has 0 aliphatic heterocycles. The molecule has 3 N–H and O–H groups in total. The molecular weight excluding hydrogens is 230 g/mol. The number of rotatable bonds is 2. The summed E-state index contributed by atoms with van der Waals surface area (Å²) in [5.74, 6) is 0.759. The minimum absolute atomic E-state index is 0.00708. The summed E-state index contributed by atoms with van der Waals surface area (Å²) in [7, 11) is 0. The van der Waals surface area contributed by atoms with Gasteiger partial charge in [0.1, 0.15) is 6.26 Å². The van der Waals surface area contributed by atoms with Crippen LogP contribution in [0.15, 0.2) is 16.9 Å². The number of carbonyl (C=O) groups excluding carboxylic acids is 1. The van der Waals surface area contributed by atoms with Crippen LogP contribution >= 0.6 is 0 Å². The molecule has 3 atom stereocenters. The smallest absolute Gasteiger partial charge is 0.229 e. The van der Waals surface area contributed by atoms with Crippen LogP contribution in [0, 0.1) is 17.3 Å². The van der Waals surface area contributed by atoms with E-state index in [1.165, 1.54) is 6.26 Å². The number of anilines is 1. The first-order chi connectivity index (χ1) is 8.43. The van der Waals surface area contributed by atoms with Gasteiger partial charge in [0.05, 0.1) is 0 Å². The second-order valence-corrected chi connectivity index (χ2v) is 5.78. The van der Waals surface area contributed by atoms with E-state index in [1.54, 1.807) is 6.07 Å². The lowest BCUT2D eigenvalue weighted by Gasteiger charge is -2.45. The third kappa shape index (κ3) is 2.27. The van der Waals surface area contributed by atoms with Crippen molar-refractivity contribution in [1.82, 2.24) is 5.16 Å². The summed E-state index contributed by atoms with van der Waals surface area (Å²) in [5, 5.41) is 6.50. The van der Waals surface area contributed by atoms with Gasteiger partial charge in [-0.15, -0.1) is 0 Å². The molecule has 1 aliphatic carbocycles. The largest absolute Gasteiger partial charge is 0.363 e. The maximum atomic E-state index is 12.3. The van der Waals surface area contributed by atoms with Crippen molar-refractivity contribution < 1.29 is 9.32 Å². The summed E-state index contributed by atoms with van der Waals surface area (Å²) in [5.41, 5.74) is 5.99. The van der Waals surface area contributed by atoms with Gasteiger partial charge in [-0.1, -0.05) is 25.9 Å². The maximum Gasteiger partial charge on any atom is 0.229 e. The second kappa shape index (κ2) is 4.72. The highest BCUT2D eigenvalue weighted by Gasteiger charge is 2.45. The van der Waals surface area contributed by atoms with E-state index in [1.807, 2.05) is 0 Å². The van der Waals surface area contributed by atoms with Gasteiger partial charge < -0.3 is 15.6 Å². The standard InChI is InChI=1S/C13H21N3O2/c1-8-10(14)5-4-9(13(8,2)3)12(17)15-11-6-7-18-16-11/h6-10H,4-5,14H2,1-3H3,(H,15,16,17). The lowest BCUT2D eigenvalue weighted by Crippen LogP contribution is -2.50. The van der Waals surface area contributed by atoms with Crippen molar-refractivity contribution in [3.63, 3.8) is 0 Å². The highest BCUT2D eigenvalue weighted by atomic mass is 16.5. The van der Waals surface area contributed by atoms with Crippen molar-refractivity contribution in [2.24, 2.45) is 23.0 Å². The van der Waals surface area contributed by atoms with Crippen molar-refractivity contribution in [1.29, 1.82) is 0 Å². The van der Waals surface area contributed by atoms with Crippen LogP contribution < -0.4 is 11.1 Å². The molecular formula is C13H21N3O2. The predicted octanol–water partition coefficient (Wildman–Crippen LogP) is 2.01. The van der Waals surface area contributed by atoms with Crippen LogP contribution in [0.4, 0.5) is 5.82 Å².